The van der Waals surface area contributed by atoms with Crippen LogP contribution in [0.2, 0.25) is 0 Å². The Hall–Kier alpha value is -10.9. The lowest BCUT2D eigenvalue weighted by Gasteiger charge is -2.25. The van der Waals surface area contributed by atoms with Gasteiger partial charge in [-0.1, -0.05) is 198 Å². The maximum Gasteiger partial charge on any atom is 0.0462 e. The van der Waals surface area contributed by atoms with Crippen LogP contribution in [0.25, 0.3) is 0 Å². The predicted octanol–water partition coefficient (Wildman–Crippen LogP) is 21.9. The smallest absolute Gasteiger partial charge is 0.0462 e. The van der Waals surface area contributed by atoms with Crippen LogP contribution in [0.4, 0.5) is 73.9 Å². The molecule has 13 aromatic carbocycles. The van der Waals surface area contributed by atoms with Gasteiger partial charge in [0, 0.05) is 78.4 Å². The number of nitrogen functional groups attached to an aromatic ring is 2. The van der Waals surface area contributed by atoms with E-state index in [1.165, 1.54) is 33.4 Å². The van der Waals surface area contributed by atoms with Crippen molar-refractivity contribution in [3.05, 3.63) is 390 Å². The van der Waals surface area contributed by atoms with E-state index in [1.54, 1.807) is 0 Å². The molecule has 13 aromatic rings. The third-order valence-corrected chi connectivity index (χ3v) is 15.5. The zero-order valence-electron chi connectivity index (χ0n) is 49.0. The van der Waals surface area contributed by atoms with E-state index in [1.807, 2.05) is 60.7 Å². The predicted molar refractivity (Wildman–Crippen MR) is 377 cm³/mol. The van der Waals surface area contributed by atoms with Gasteiger partial charge in [-0.2, -0.15) is 0 Å². The Kier molecular flexibility index (Phi) is 19.9. The largest absolute Gasteiger partial charge is 0.399 e. The van der Waals surface area contributed by atoms with E-state index in [4.69, 9.17) is 11.5 Å². The summed E-state index contributed by atoms with van der Waals surface area (Å²) < 4.78 is 1.09. The molecule has 7 heteroatoms. The SMILES string of the molecule is Brc1ccc(N(c2ccccc2)c2ccccc2)cc1.Nc1ccc(Nc2ccc(N)cc2)cc1.c1ccc(N(c2ccccc2)c2ccc(Cc3ccc(Cc4ccc(Cc5ccc(N(c6ccccc6)c6ccccc6)cc5)cc4)cc3)cc2)cc1. The van der Waals surface area contributed by atoms with Crippen molar-refractivity contribution in [3.63, 3.8) is 0 Å². The van der Waals surface area contributed by atoms with E-state index in [9.17, 15) is 0 Å². The molecule has 0 radical (unpaired) electrons. The molecule has 0 spiro atoms. The second-order valence-electron chi connectivity index (χ2n) is 21.4. The van der Waals surface area contributed by atoms with Crippen molar-refractivity contribution in [1.29, 1.82) is 0 Å². The monoisotopic (exact) mass is 1200 g/mol. The van der Waals surface area contributed by atoms with Gasteiger partial charge in [-0.3, -0.25) is 0 Å². The van der Waals surface area contributed by atoms with Crippen molar-refractivity contribution in [2.45, 2.75) is 19.3 Å². The molecule has 430 valence electrons. The minimum absolute atomic E-state index is 0.762. The quantitative estimate of drug-likeness (QED) is 0.0789. The first-order valence-corrected chi connectivity index (χ1v) is 30.4. The molecular formula is C81H69BrN6. The Bertz CT molecular complexity index is 3810. The first-order chi connectivity index (χ1) is 43.3. The molecule has 0 aliphatic heterocycles. The van der Waals surface area contributed by atoms with Crippen molar-refractivity contribution in [2.75, 3.05) is 31.5 Å². The van der Waals surface area contributed by atoms with E-state index in [-0.39, 0.29) is 0 Å². The van der Waals surface area contributed by atoms with E-state index in [0.29, 0.717) is 0 Å². The summed E-state index contributed by atoms with van der Waals surface area (Å²) in [5, 5.41) is 3.25. The first kappa shape index (κ1) is 58.9. The van der Waals surface area contributed by atoms with Crippen LogP contribution in [0.5, 0.6) is 0 Å². The van der Waals surface area contributed by atoms with Crippen molar-refractivity contribution in [1.82, 2.24) is 0 Å². The number of rotatable bonds is 17. The van der Waals surface area contributed by atoms with E-state index in [2.05, 4.69) is 327 Å². The Morgan fingerprint density at radius 2 is 0.398 bits per heavy atom. The molecule has 0 aromatic heterocycles. The molecule has 0 amide bonds. The lowest BCUT2D eigenvalue weighted by Crippen LogP contribution is -2.09. The van der Waals surface area contributed by atoms with Gasteiger partial charge in [0.25, 0.3) is 0 Å². The highest BCUT2D eigenvalue weighted by atomic mass is 79.9. The van der Waals surface area contributed by atoms with Gasteiger partial charge >= 0.3 is 0 Å². The van der Waals surface area contributed by atoms with Gasteiger partial charge in [0.15, 0.2) is 0 Å². The zero-order chi connectivity index (χ0) is 60.1. The average Bonchev–Trinajstić information content (AvgIpc) is 2.69. The number of benzene rings is 13. The van der Waals surface area contributed by atoms with Crippen LogP contribution in [0.3, 0.4) is 0 Å². The molecule has 0 aliphatic rings. The summed E-state index contributed by atoms with van der Waals surface area (Å²) in [7, 11) is 0. The lowest BCUT2D eigenvalue weighted by molar-refractivity contribution is 1.13. The summed E-state index contributed by atoms with van der Waals surface area (Å²) in [5.74, 6) is 0. The van der Waals surface area contributed by atoms with Crippen molar-refractivity contribution in [3.8, 4) is 0 Å². The fraction of sp³-hybridized carbons (Fsp3) is 0.0370. The number of nitrogens with one attached hydrogen (secondary N) is 1. The van der Waals surface area contributed by atoms with E-state index >= 15 is 0 Å². The fourth-order valence-electron chi connectivity index (χ4n) is 10.5. The van der Waals surface area contributed by atoms with E-state index < -0.39 is 0 Å². The number of nitrogens with zero attached hydrogens (tertiary/aromatic N) is 3. The normalized spacial score (nSPS) is 10.6. The zero-order valence-corrected chi connectivity index (χ0v) is 50.6. The summed E-state index contributed by atoms with van der Waals surface area (Å²) in [6.07, 6.45) is 2.74. The Labute approximate surface area is 527 Å². The number of nitrogens with two attached hydrogens (primary N) is 2. The molecular weight excluding hydrogens is 1140 g/mol. The number of hydrogen-bond donors (Lipinski definition) is 3. The van der Waals surface area contributed by atoms with Crippen molar-refractivity contribution >= 4 is 89.9 Å². The summed E-state index contributed by atoms with van der Waals surface area (Å²) in [5.41, 5.74) is 33.0. The van der Waals surface area contributed by atoms with Crippen LogP contribution in [0.1, 0.15) is 33.4 Å². The van der Waals surface area contributed by atoms with Crippen molar-refractivity contribution < 1.29 is 0 Å². The third kappa shape index (κ3) is 16.3. The van der Waals surface area contributed by atoms with Crippen LogP contribution >= 0.6 is 15.9 Å². The average molecular weight is 1210 g/mol. The van der Waals surface area contributed by atoms with E-state index in [0.717, 1.165) is 97.7 Å². The maximum atomic E-state index is 5.60. The highest BCUT2D eigenvalue weighted by Crippen LogP contribution is 2.37. The number of halogens is 1. The van der Waals surface area contributed by atoms with Gasteiger partial charge in [0.2, 0.25) is 0 Å². The van der Waals surface area contributed by atoms with Gasteiger partial charge in [-0.15, -0.1) is 0 Å². The summed E-state index contributed by atoms with van der Waals surface area (Å²) in [6, 6.07) is 123. The Morgan fingerprint density at radius 1 is 0.216 bits per heavy atom. The minimum atomic E-state index is 0.762. The first-order valence-electron chi connectivity index (χ1n) is 29.6. The lowest BCUT2D eigenvalue weighted by atomic mass is 9.98. The summed E-state index contributed by atoms with van der Waals surface area (Å²) >= 11 is 3.49. The number of anilines is 13. The number of para-hydroxylation sites is 6. The van der Waals surface area contributed by atoms with Crippen molar-refractivity contribution in [2.24, 2.45) is 0 Å². The van der Waals surface area contributed by atoms with Gasteiger partial charge in [0.1, 0.15) is 0 Å². The molecule has 5 N–H and O–H groups in total. The highest BCUT2D eigenvalue weighted by molar-refractivity contribution is 9.10. The second kappa shape index (κ2) is 29.8. The number of hydrogen-bond acceptors (Lipinski definition) is 6. The van der Waals surface area contributed by atoms with Crippen LogP contribution in [-0.4, -0.2) is 0 Å². The van der Waals surface area contributed by atoms with Crippen LogP contribution in [-0.2, 0) is 19.3 Å². The molecule has 0 saturated heterocycles. The van der Waals surface area contributed by atoms with Gasteiger partial charge in [-0.25, -0.2) is 0 Å². The molecule has 0 aliphatic carbocycles. The molecule has 6 nitrogen and oxygen atoms in total. The van der Waals surface area contributed by atoms with Gasteiger partial charge < -0.3 is 31.5 Å². The van der Waals surface area contributed by atoms with Gasteiger partial charge in [-0.05, 0) is 223 Å². The Balaban J connectivity index is 0.000000184. The molecule has 0 atom stereocenters. The molecule has 13 rings (SSSR count). The Morgan fingerprint density at radius 3 is 0.614 bits per heavy atom. The topological polar surface area (TPSA) is 73.8 Å². The second-order valence-corrected chi connectivity index (χ2v) is 22.3. The standard InChI is InChI=1S/C51H42N2.C18H14BrN.C12H13N3/c1-5-13-46(14-6-1)52(47-15-7-2-8-16-47)50-33-29-44(30-34-50)38-42-25-21-40(22-26-42)37-41-23-27-43(28-24-41)39-45-31-35-51(36-32-45)53(48-17-9-3-10-18-48)49-19-11-4-12-20-49;19-15-11-13-18(14-12-15)20(16-7-3-1-4-8-16)17-9-5-2-6-10-17;13-9-1-5-11(6-2-9)15-12-7-3-10(14)4-8-12/h1-36H,37-39H2;1-14H;1-8,15H,13-14H2. The molecule has 0 bridgehead atoms. The summed E-state index contributed by atoms with van der Waals surface area (Å²) in [6.45, 7) is 0. The van der Waals surface area contributed by atoms with Crippen LogP contribution in [0.15, 0.2) is 356 Å². The fourth-order valence-corrected chi connectivity index (χ4v) is 10.7. The molecule has 0 saturated carbocycles. The van der Waals surface area contributed by atoms with Gasteiger partial charge in [0.05, 0.1) is 0 Å². The van der Waals surface area contributed by atoms with Crippen LogP contribution in [0, 0.1) is 0 Å². The molecule has 0 unspecified atom stereocenters. The minimum Gasteiger partial charge on any atom is -0.399 e. The summed E-state index contributed by atoms with van der Waals surface area (Å²) in [4.78, 5) is 6.84. The molecule has 0 heterocycles. The third-order valence-electron chi connectivity index (χ3n) is 14.9. The highest BCUT2D eigenvalue weighted by Gasteiger charge is 2.15. The molecule has 0 fully saturated rings. The van der Waals surface area contributed by atoms with Crippen LogP contribution < -0.4 is 31.5 Å². The molecule has 88 heavy (non-hydrogen) atoms. The maximum absolute atomic E-state index is 5.60.